The van der Waals surface area contributed by atoms with Crippen molar-refractivity contribution in [2.24, 2.45) is 0 Å². The maximum absolute atomic E-state index is 12.5. The number of hydrogen-bond donors (Lipinski definition) is 0. The molecule has 0 radical (unpaired) electrons. The number of aryl methyl sites for hydroxylation is 1. The van der Waals surface area contributed by atoms with Crippen molar-refractivity contribution < 1.29 is 14.3 Å². The van der Waals surface area contributed by atoms with Gasteiger partial charge in [0.25, 0.3) is 0 Å². The van der Waals surface area contributed by atoms with Crippen LogP contribution in [0.5, 0.6) is 0 Å². The summed E-state index contributed by atoms with van der Waals surface area (Å²) in [6, 6.07) is 11.7. The monoisotopic (exact) mass is 421 g/mol. The number of halogens is 1. The van der Waals surface area contributed by atoms with E-state index in [1.54, 1.807) is 0 Å². The topological polar surface area (TPSA) is 46.6 Å². The first kappa shape index (κ1) is 18.3. The molecule has 2 aromatic rings. The molecule has 0 N–H and O–H groups in total. The van der Waals surface area contributed by atoms with Crippen LogP contribution in [-0.4, -0.2) is 36.3 Å². The molecule has 0 spiro atoms. The molecule has 1 fully saturated rings. The standard InChI is InChI=1S/C19H20BrNO3S/c1-13-2-8-18(25-13)16(22)7-9-19(23)21-10-11-24-17(12-21)14-3-5-15(20)6-4-14/h2-6,8,17H,7,9-12H2,1H3. The number of rotatable bonds is 5. The Bertz CT molecular complexity index is 756. The molecule has 132 valence electrons. The molecule has 0 bridgehead atoms. The number of Topliss-reactive ketones (excluding diaryl/α,β-unsaturated/α-hetero) is 1. The zero-order chi connectivity index (χ0) is 17.8. The lowest BCUT2D eigenvalue weighted by atomic mass is 10.1. The first-order valence-electron chi connectivity index (χ1n) is 8.27. The molecule has 1 aromatic carbocycles. The summed E-state index contributed by atoms with van der Waals surface area (Å²) >= 11 is 4.91. The fourth-order valence-electron chi connectivity index (χ4n) is 2.84. The van der Waals surface area contributed by atoms with E-state index in [1.807, 2.05) is 48.2 Å². The Hall–Kier alpha value is -1.50. The predicted molar refractivity (Wildman–Crippen MR) is 102 cm³/mol. The summed E-state index contributed by atoms with van der Waals surface area (Å²) in [7, 11) is 0. The lowest BCUT2D eigenvalue weighted by Gasteiger charge is -2.33. The second-order valence-corrected chi connectivity index (χ2v) is 8.29. The van der Waals surface area contributed by atoms with E-state index in [4.69, 9.17) is 4.74 Å². The molecule has 3 rings (SSSR count). The van der Waals surface area contributed by atoms with Crippen LogP contribution in [0.2, 0.25) is 0 Å². The maximum Gasteiger partial charge on any atom is 0.223 e. The fourth-order valence-corrected chi connectivity index (χ4v) is 3.94. The molecular weight excluding hydrogens is 402 g/mol. The second-order valence-electron chi connectivity index (χ2n) is 6.08. The predicted octanol–water partition coefficient (Wildman–Crippen LogP) is 4.38. The summed E-state index contributed by atoms with van der Waals surface area (Å²) in [6.45, 7) is 3.61. The number of carbonyl (C=O) groups excluding carboxylic acids is 2. The molecule has 1 unspecified atom stereocenters. The average molecular weight is 422 g/mol. The van der Waals surface area contributed by atoms with Crippen molar-refractivity contribution in [3.05, 3.63) is 56.2 Å². The average Bonchev–Trinajstić information content (AvgIpc) is 3.06. The fraction of sp³-hybridized carbons (Fsp3) is 0.368. The number of ketones is 1. The number of ether oxygens (including phenoxy) is 1. The number of hydrogen-bond acceptors (Lipinski definition) is 4. The van der Waals surface area contributed by atoms with E-state index in [0.29, 0.717) is 19.7 Å². The highest BCUT2D eigenvalue weighted by Crippen LogP contribution is 2.24. The highest BCUT2D eigenvalue weighted by Gasteiger charge is 2.25. The van der Waals surface area contributed by atoms with Crippen molar-refractivity contribution in [1.82, 2.24) is 4.90 Å². The molecule has 1 aliphatic rings. The van der Waals surface area contributed by atoms with Crippen molar-refractivity contribution in [1.29, 1.82) is 0 Å². The van der Waals surface area contributed by atoms with Crippen LogP contribution in [0.3, 0.4) is 0 Å². The number of nitrogens with zero attached hydrogens (tertiary/aromatic N) is 1. The molecular formula is C19H20BrNO3S. The van der Waals surface area contributed by atoms with Crippen molar-refractivity contribution in [2.75, 3.05) is 19.7 Å². The highest BCUT2D eigenvalue weighted by atomic mass is 79.9. The minimum atomic E-state index is -0.110. The third kappa shape index (κ3) is 4.77. The van der Waals surface area contributed by atoms with E-state index in [9.17, 15) is 9.59 Å². The summed E-state index contributed by atoms with van der Waals surface area (Å²) in [5.41, 5.74) is 1.06. The second kappa shape index (κ2) is 8.25. The smallest absolute Gasteiger partial charge is 0.223 e. The van der Waals surface area contributed by atoms with Crippen LogP contribution in [0.1, 0.15) is 39.1 Å². The summed E-state index contributed by atoms with van der Waals surface area (Å²) in [5.74, 6) is 0.0659. The SMILES string of the molecule is Cc1ccc(C(=O)CCC(=O)N2CCOC(c3ccc(Br)cc3)C2)s1. The van der Waals surface area contributed by atoms with Crippen molar-refractivity contribution >= 4 is 39.0 Å². The third-order valence-corrected chi connectivity index (χ3v) is 5.81. The van der Waals surface area contributed by atoms with E-state index in [-0.39, 0.29) is 30.6 Å². The first-order valence-corrected chi connectivity index (χ1v) is 9.88. The van der Waals surface area contributed by atoms with E-state index in [2.05, 4.69) is 15.9 Å². The van der Waals surface area contributed by atoms with Gasteiger partial charge in [0.1, 0.15) is 6.10 Å². The molecule has 1 atom stereocenters. The van der Waals surface area contributed by atoms with E-state index in [1.165, 1.54) is 11.3 Å². The van der Waals surface area contributed by atoms with Crippen LogP contribution in [-0.2, 0) is 9.53 Å². The van der Waals surface area contributed by atoms with E-state index in [0.717, 1.165) is 19.8 Å². The molecule has 0 saturated carbocycles. The Labute approximate surface area is 159 Å². The Morgan fingerprint density at radius 3 is 2.64 bits per heavy atom. The normalized spacial score (nSPS) is 17.5. The van der Waals surface area contributed by atoms with Crippen LogP contribution in [0.4, 0.5) is 0 Å². The highest BCUT2D eigenvalue weighted by molar-refractivity contribution is 9.10. The van der Waals surface area contributed by atoms with Gasteiger partial charge in [0.2, 0.25) is 5.91 Å². The van der Waals surface area contributed by atoms with Gasteiger partial charge in [-0.2, -0.15) is 0 Å². The van der Waals surface area contributed by atoms with Gasteiger partial charge in [-0.25, -0.2) is 0 Å². The van der Waals surface area contributed by atoms with Gasteiger partial charge < -0.3 is 9.64 Å². The number of amides is 1. The van der Waals surface area contributed by atoms with Gasteiger partial charge in [-0.3, -0.25) is 9.59 Å². The number of benzene rings is 1. The van der Waals surface area contributed by atoms with Gasteiger partial charge in [0.15, 0.2) is 5.78 Å². The van der Waals surface area contributed by atoms with Gasteiger partial charge in [0.05, 0.1) is 18.0 Å². The van der Waals surface area contributed by atoms with Crippen molar-refractivity contribution in [3.8, 4) is 0 Å². The van der Waals surface area contributed by atoms with Gasteiger partial charge in [-0.15, -0.1) is 11.3 Å². The van der Waals surface area contributed by atoms with Crippen LogP contribution >= 0.6 is 27.3 Å². The zero-order valence-corrected chi connectivity index (χ0v) is 16.4. The lowest BCUT2D eigenvalue weighted by Crippen LogP contribution is -2.42. The summed E-state index contributed by atoms with van der Waals surface area (Å²) in [5, 5.41) is 0. The van der Waals surface area contributed by atoms with Crippen LogP contribution in [0.15, 0.2) is 40.9 Å². The van der Waals surface area contributed by atoms with Crippen LogP contribution < -0.4 is 0 Å². The summed E-state index contributed by atoms with van der Waals surface area (Å²) in [6.07, 6.45) is 0.406. The Morgan fingerprint density at radius 1 is 1.20 bits per heavy atom. The Kier molecular flexibility index (Phi) is 6.04. The molecule has 1 saturated heterocycles. The quantitative estimate of drug-likeness (QED) is 0.672. The number of morpholine rings is 1. The molecule has 25 heavy (non-hydrogen) atoms. The third-order valence-electron chi connectivity index (χ3n) is 4.24. The van der Waals surface area contributed by atoms with Crippen molar-refractivity contribution in [2.45, 2.75) is 25.9 Å². The summed E-state index contributed by atoms with van der Waals surface area (Å²) < 4.78 is 6.82. The van der Waals surface area contributed by atoms with E-state index < -0.39 is 0 Å². The molecule has 1 amide bonds. The van der Waals surface area contributed by atoms with Gasteiger partial charge in [-0.1, -0.05) is 28.1 Å². The van der Waals surface area contributed by atoms with Crippen molar-refractivity contribution in [3.63, 3.8) is 0 Å². The maximum atomic E-state index is 12.5. The van der Waals surface area contributed by atoms with Gasteiger partial charge >= 0.3 is 0 Å². The molecule has 2 heterocycles. The lowest BCUT2D eigenvalue weighted by molar-refractivity contribution is -0.139. The minimum absolute atomic E-state index is 0.0204. The molecule has 1 aromatic heterocycles. The van der Waals surface area contributed by atoms with Gasteiger partial charge in [0, 0.05) is 28.7 Å². The summed E-state index contributed by atoms with van der Waals surface area (Å²) in [4.78, 5) is 28.3. The van der Waals surface area contributed by atoms with Crippen LogP contribution in [0.25, 0.3) is 0 Å². The first-order chi connectivity index (χ1) is 12.0. The largest absolute Gasteiger partial charge is 0.370 e. The Morgan fingerprint density at radius 2 is 1.96 bits per heavy atom. The molecule has 6 heteroatoms. The minimum Gasteiger partial charge on any atom is -0.370 e. The van der Waals surface area contributed by atoms with E-state index >= 15 is 0 Å². The number of thiophene rings is 1. The number of carbonyl (C=O) groups is 2. The zero-order valence-electron chi connectivity index (χ0n) is 14.0. The van der Waals surface area contributed by atoms with Crippen LogP contribution in [0, 0.1) is 6.92 Å². The molecule has 4 nitrogen and oxygen atoms in total. The molecule has 0 aliphatic carbocycles. The Balaban J connectivity index is 1.54. The molecule has 1 aliphatic heterocycles. The van der Waals surface area contributed by atoms with Gasteiger partial charge in [-0.05, 0) is 36.8 Å².